The Bertz CT molecular complexity index is 706. The summed E-state index contributed by atoms with van der Waals surface area (Å²) < 4.78 is 11.6. The third-order valence-electron chi connectivity index (χ3n) is 6.04. The lowest BCUT2D eigenvalue weighted by atomic mass is 9.75. The molecule has 0 aromatic carbocycles. The van der Waals surface area contributed by atoms with Gasteiger partial charge in [0.25, 0.3) is 0 Å². The zero-order chi connectivity index (χ0) is 18.4. The number of aromatic nitrogens is 1. The van der Waals surface area contributed by atoms with Crippen LogP contribution in [-0.2, 0) is 34.3 Å². The maximum absolute atomic E-state index is 5.78. The molecule has 0 amide bonds. The van der Waals surface area contributed by atoms with Gasteiger partial charge < -0.3 is 14.8 Å². The van der Waals surface area contributed by atoms with E-state index < -0.39 is 0 Å². The average Bonchev–Trinajstić information content (AvgIpc) is 3.33. The lowest BCUT2D eigenvalue weighted by Crippen LogP contribution is -2.34. The van der Waals surface area contributed by atoms with Crippen LogP contribution in [0, 0.1) is 0 Å². The van der Waals surface area contributed by atoms with Gasteiger partial charge in [-0.2, -0.15) is 0 Å². The second-order valence-electron chi connectivity index (χ2n) is 7.66. The minimum Gasteiger partial charge on any atom is -0.379 e. The van der Waals surface area contributed by atoms with E-state index in [4.69, 9.17) is 14.5 Å². The van der Waals surface area contributed by atoms with E-state index >= 15 is 0 Å². The number of nitrogens with zero attached hydrogens (tertiary/aromatic N) is 1. The van der Waals surface area contributed by atoms with Crippen molar-refractivity contribution in [1.82, 2.24) is 10.3 Å². The molecule has 146 valence electrons. The lowest BCUT2D eigenvalue weighted by Gasteiger charge is -2.33. The number of ether oxygens (including phenoxy) is 2. The van der Waals surface area contributed by atoms with Crippen LogP contribution in [0.5, 0.6) is 0 Å². The standard InChI is InChI=1S/C22H30N2O2S/c1-2-10-24-21(6-1)22(8-12-25-14-15-26-13-9-22)7-11-23-16-20-19-5-3-4-18(19)17-27-20/h1-2,6,10,17,23H,3-5,7-9,11-16H2. The maximum atomic E-state index is 5.78. The highest BCUT2D eigenvalue weighted by atomic mass is 32.1. The molecule has 2 aromatic heterocycles. The molecule has 4 nitrogen and oxygen atoms in total. The number of hydrogen-bond donors (Lipinski definition) is 1. The molecule has 0 atom stereocenters. The molecule has 1 aliphatic carbocycles. The molecule has 2 aliphatic rings. The summed E-state index contributed by atoms with van der Waals surface area (Å²) in [7, 11) is 0. The van der Waals surface area contributed by atoms with Gasteiger partial charge in [-0.15, -0.1) is 11.3 Å². The number of nitrogens with one attached hydrogen (secondary N) is 1. The van der Waals surface area contributed by atoms with Crippen molar-refractivity contribution < 1.29 is 9.47 Å². The molecule has 27 heavy (non-hydrogen) atoms. The maximum Gasteiger partial charge on any atom is 0.0700 e. The number of fused-ring (bicyclic) bond motifs is 1. The lowest BCUT2D eigenvalue weighted by molar-refractivity contribution is 0.0584. The zero-order valence-electron chi connectivity index (χ0n) is 16.0. The van der Waals surface area contributed by atoms with E-state index in [1.807, 2.05) is 23.6 Å². The van der Waals surface area contributed by atoms with Gasteiger partial charge in [0, 0.05) is 41.9 Å². The number of thiophene rings is 1. The summed E-state index contributed by atoms with van der Waals surface area (Å²) in [5.74, 6) is 0. The van der Waals surface area contributed by atoms with Gasteiger partial charge in [0.2, 0.25) is 0 Å². The molecule has 1 N–H and O–H groups in total. The van der Waals surface area contributed by atoms with Gasteiger partial charge in [-0.1, -0.05) is 6.07 Å². The minimum atomic E-state index is 0.0238. The first kappa shape index (κ1) is 19.1. The first-order valence-electron chi connectivity index (χ1n) is 10.2. The van der Waals surface area contributed by atoms with Gasteiger partial charge in [-0.25, -0.2) is 0 Å². The fraction of sp³-hybridized carbons (Fsp3) is 0.591. The summed E-state index contributed by atoms with van der Waals surface area (Å²) in [6.45, 7) is 4.92. The van der Waals surface area contributed by atoms with Gasteiger partial charge in [0.1, 0.15) is 0 Å². The molecule has 0 spiro atoms. The van der Waals surface area contributed by atoms with Crippen LogP contribution in [0.25, 0.3) is 0 Å². The predicted molar refractivity (Wildman–Crippen MR) is 109 cm³/mol. The van der Waals surface area contributed by atoms with Crippen LogP contribution in [0.2, 0.25) is 0 Å². The Kier molecular flexibility index (Phi) is 6.56. The molecule has 3 heterocycles. The van der Waals surface area contributed by atoms with Gasteiger partial charge in [0.05, 0.1) is 13.2 Å². The second kappa shape index (κ2) is 9.28. The van der Waals surface area contributed by atoms with Gasteiger partial charge in [-0.3, -0.25) is 4.98 Å². The highest BCUT2D eigenvalue weighted by molar-refractivity contribution is 7.10. The average molecular weight is 387 g/mol. The Morgan fingerprint density at radius 3 is 2.70 bits per heavy atom. The molecule has 4 rings (SSSR count). The first-order valence-corrected chi connectivity index (χ1v) is 11.1. The summed E-state index contributed by atoms with van der Waals surface area (Å²) in [6.07, 6.45) is 8.84. The van der Waals surface area contributed by atoms with Crippen LogP contribution < -0.4 is 5.32 Å². The number of hydrogen-bond acceptors (Lipinski definition) is 5. The summed E-state index contributed by atoms with van der Waals surface area (Å²) >= 11 is 1.93. The Labute approximate surface area is 166 Å². The molecule has 1 aliphatic heterocycles. The molecule has 2 aromatic rings. The monoisotopic (exact) mass is 386 g/mol. The molecule has 0 radical (unpaired) electrons. The highest BCUT2D eigenvalue weighted by Gasteiger charge is 2.33. The van der Waals surface area contributed by atoms with Gasteiger partial charge in [0.15, 0.2) is 0 Å². The summed E-state index contributed by atoms with van der Waals surface area (Å²) in [4.78, 5) is 6.25. The SMILES string of the molecule is c1ccc(C2(CCNCc3scc4c3CCC4)CCOCCOCC2)nc1. The molecular weight excluding hydrogens is 356 g/mol. The summed E-state index contributed by atoms with van der Waals surface area (Å²) in [5.41, 5.74) is 4.41. The Balaban J connectivity index is 1.41. The van der Waals surface area contributed by atoms with Crippen molar-refractivity contribution in [3.63, 3.8) is 0 Å². The van der Waals surface area contributed by atoms with Crippen molar-refractivity contribution >= 4 is 11.3 Å². The van der Waals surface area contributed by atoms with Gasteiger partial charge >= 0.3 is 0 Å². The molecule has 0 bridgehead atoms. The van der Waals surface area contributed by atoms with E-state index in [9.17, 15) is 0 Å². The fourth-order valence-corrected chi connectivity index (χ4v) is 5.51. The summed E-state index contributed by atoms with van der Waals surface area (Å²) in [6, 6.07) is 6.26. The Morgan fingerprint density at radius 1 is 1.07 bits per heavy atom. The van der Waals surface area contributed by atoms with Crippen molar-refractivity contribution in [2.45, 2.75) is 50.5 Å². The first-order chi connectivity index (χ1) is 13.4. The van der Waals surface area contributed by atoms with Gasteiger partial charge in [-0.05, 0) is 73.7 Å². The van der Waals surface area contributed by atoms with E-state index in [1.165, 1.54) is 29.8 Å². The minimum absolute atomic E-state index is 0.0238. The highest BCUT2D eigenvalue weighted by Crippen LogP contribution is 2.35. The van der Waals surface area contributed by atoms with Crippen molar-refractivity contribution in [3.8, 4) is 0 Å². The zero-order valence-corrected chi connectivity index (χ0v) is 16.9. The topological polar surface area (TPSA) is 43.4 Å². The van der Waals surface area contributed by atoms with Crippen LogP contribution in [0.3, 0.4) is 0 Å². The molecule has 5 heteroatoms. The van der Waals surface area contributed by atoms with Crippen LogP contribution in [0.4, 0.5) is 0 Å². The van der Waals surface area contributed by atoms with Crippen LogP contribution in [0.15, 0.2) is 29.8 Å². The number of rotatable bonds is 6. The van der Waals surface area contributed by atoms with Crippen LogP contribution in [-0.4, -0.2) is 38.0 Å². The van der Waals surface area contributed by atoms with E-state index in [1.54, 1.807) is 11.1 Å². The fourth-order valence-electron chi connectivity index (χ4n) is 4.40. The van der Waals surface area contributed by atoms with Crippen molar-refractivity contribution in [3.05, 3.63) is 51.5 Å². The van der Waals surface area contributed by atoms with Crippen LogP contribution in [0.1, 0.15) is 47.4 Å². The van der Waals surface area contributed by atoms with E-state index in [-0.39, 0.29) is 5.41 Å². The molecule has 0 unspecified atom stereocenters. The normalized spacial score (nSPS) is 19.9. The third-order valence-corrected chi connectivity index (χ3v) is 7.11. The number of aryl methyl sites for hydroxylation is 1. The molecule has 1 saturated heterocycles. The van der Waals surface area contributed by atoms with E-state index in [0.717, 1.165) is 45.6 Å². The number of pyridine rings is 1. The molecular formula is C22H30N2O2S. The summed E-state index contributed by atoms with van der Waals surface area (Å²) in [5, 5.41) is 6.07. The quantitative estimate of drug-likeness (QED) is 0.765. The molecule has 1 fully saturated rings. The van der Waals surface area contributed by atoms with E-state index in [2.05, 4.69) is 22.8 Å². The van der Waals surface area contributed by atoms with Crippen LogP contribution >= 0.6 is 11.3 Å². The Morgan fingerprint density at radius 2 is 1.93 bits per heavy atom. The smallest absolute Gasteiger partial charge is 0.0700 e. The largest absolute Gasteiger partial charge is 0.379 e. The van der Waals surface area contributed by atoms with Crippen molar-refractivity contribution in [2.24, 2.45) is 0 Å². The van der Waals surface area contributed by atoms with Crippen molar-refractivity contribution in [1.29, 1.82) is 0 Å². The Hall–Kier alpha value is -1.27. The third kappa shape index (κ3) is 4.60. The van der Waals surface area contributed by atoms with Crippen molar-refractivity contribution in [2.75, 3.05) is 33.0 Å². The second-order valence-corrected chi connectivity index (χ2v) is 8.63. The molecule has 0 saturated carbocycles. The predicted octanol–water partition coefficient (Wildman–Crippen LogP) is 3.88. The van der Waals surface area contributed by atoms with E-state index in [0.29, 0.717) is 13.2 Å².